The van der Waals surface area contributed by atoms with Gasteiger partial charge in [0.05, 0.1) is 17.6 Å². The second-order valence-corrected chi connectivity index (χ2v) is 7.33. The minimum Gasteiger partial charge on any atom is -0.372 e. The van der Waals surface area contributed by atoms with E-state index in [0.29, 0.717) is 5.95 Å². The van der Waals surface area contributed by atoms with Crippen molar-refractivity contribution in [3.63, 3.8) is 0 Å². The van der Waals surface area contributed by atoms with Crippen molar-refractivity contribution < 1.29 is 0 Å². The molecule has 1 N–H and O–H groups in total. The fourth-order valence-corrected chi connectivity index (χ4v) is 3.54. The van der Waals surface area contributed by atoms with Crippen LogP contribution < -0.4 is 10.3 Å². The number of aromatic nitrogens is 2. The first kappa shape index (κ1) is 21.2. The van der Waals surface area contributed by atoms with Crippen LogP contribution in [0.4, 0.5) is 11.6 Å². The Hall–Kier alpha value is -3.99. The van der Waals surface area contributed by atoms with Gasteiger partial charge in [0.2, 0.25) is 5.95 Å². The maximum Gasteiger partial charge on any atom is 0.244 e. The van der Waals surface area contributed by atoms with Gasteiger partial charge in [0, 0.05) is 29.9 Å². The van der Waals surface area contributed by atoms with E-state index in [-0.39, 0.29) is 0 Å². The Morgan fingerprint density at radius 2 is 1.28 bits per heavy atom. The molecule has 0 unspecified atom stereocenters. The van der Waals surface area contributed by atoms with Crippen molar-refractivity contribution in [2.75, 3.05) is 23.4 Å². The SMILES string of the molecule is CCN(CC)c1ccc(/C=N/Nc2nc(-c3ccccc3)cc(-c3ccccc3)n2)cc1. The lowest BCUT2D eigenvalue weighted by Gasteiger charge is -2.20. The highest BCUT2D eigenvalue weighted by atomic mass is 15.3. The third-order valence-electron chi connectivity index (χ3n) is 5.27. The van der Waals surface area contributed by atoms with E-state index in [1.165, 1.54) is 5.69 Å². The molecule has 0 aliphatic heterocycles. The highest BCUT2D eigenvalue weighted by molar-refractivity contribution is 5.81. The number of rotatable bonds is 8. The molecule has 32 heavy (non-hydrogen) atoms. The monoisotopic (exact) mass is 421 g/mol. The summed E-state index contributed by atoms with van der Waals surface area (Å²) in [4.78, 5) is 11.7. The molecule has 0 aliphatic rings. The molecule has 1 heterocycles. The Morgan fingerprint density at radius 1 is 0.750 bits per heavy atom. The molecule has 0 spiro atoms. The van der Waals surface area contributed by atoms with E-state index < -0.39 is 0 Å². The second-order valence-electron chi connectivity index (χ2n) is 7.33. The van der Waals surface area contributed by atoms with E-state index in [4.69, 9.17) is 0 Å². The normalized spacial score (nSPS) is 10.9. The van der Waals surface area contributed by atoms with Gasteiger partial charge in [-0.1, -0.05) is 72.8 Å². The van der Waals surface area contributed by atoms with Crippen molar-refractivity contribution in [3.8, 4) is 22.5 Å². The fourth-order valence-electron chi connectivity index (χ4n) is 3.54. The Balaban J connectivity index is 1.57. The molecule has 0 atom stereocenters. The van der Waals surface area contributed by atoms with Crippen LogP contribution in [-0.4, -0.2) is 29.3 Å². The Bertz CT molecular complexity index is 1090. The van der Waals surface area contributed by atoms with Crippen molar-refractivity contribution in [2.24, 2.45) is 5.10 Å². The molecule has 0 saturated carbocycles. The molecule has 0 radical (unpaired) electrons. The van der Waals surface area contributed by atoms with Crippen molar-refractivity contribution >= 4 is 17.9 Å². The van der Waals surface area contributed by atoms with Gasteiger partial charge in [-0.15, -0.1) is 0 Å². The van der Waals surface area contributed by atoms with E-state index in [9.17, 15) is 0 Å². The molecule has 0 bridgehead atoms. The van der Waals surface area contributed by atoms with Crippen molar-refractivity contribution in [1.29, 1.82) is 0 Å². The molecule has 4 rings (SSSR count). The zero-order valence-corrected chi connectivity index (χ0v) is 18.4. The molecule has 0 aliphatic carbocycles. The van der Waals surface area contributed by atoms with Gasteiger partial charge in [0.25, 0.3) is 0 Å². The maximum atomic E-state index is 4.68. The third kappa shape index (κ3) is 5.19. The van der Waals surface area contributed by atoms with Gasteiger partial charge in [-0.25, -0.2) is 15.4 Å². The van der Waals surface area contributed by atoms with Crippen molar-refractivity contribution in [3.05, 3.63) is 96.6 Å². The molecule has 0 fully saturated rings. The Morgan fingerprint density at radius 3 is 1.78 bits per heavy atom. The van der Waals surface area contributed by atoms with Gasteiger partial charge >= 0.3 is 0 Å². The zero-order valence-electron chi connectivity index (χ0n) is 18.4. The number of hydrazone groups is 1. The van der Waals surface area contributed by atoms with Crippen LogP contribution in [0.1, 0.15) is 19.4 Å². The number of benzene rings is 3. The zero-order chi connectivity index (χ0) is 22.2. The van der Waals surface area contributed by atoms with Crippen LogP contribution in [0.2, 0.25) is 0 Å². The second kappa shape index (κ2) is 10.4. The predicted molar refractivity (Wildman–Crippen MR) is 134 cm³/mol. The van der Waals surface area contributed by atoms with Crippen molar-refractivity contribution in [1.82, 2.24) is 9.97 Å². The molecule has 5 nitrogen and oxygen atoms in total. The van der Waals surface area contributed by atoms with Gasteiger partial charge in [-0.2, -0.15) is 5.10 Å². The average molecular weight is 422 g/mol. The molecular formula is C27H27N5. The number of nitrogens with zero attached hydrogens (tertiary/aromatic N) is 4. The summed E-state index contributed by atoms with van der Waals surface area (Å²) in [5.74, 6) is 0.459. The number of anilines is 2. The van der Waals surface area contributed by atoms with Gasteiger partial charge in [-0.3, -0.25) is 0 Å². The summed E-state index contributed by atoms with van der Waals surface area (Å²) in [6.45, 7) is 6.31. The highest BCUT2D eigenvalue weighted by Gasteiger charge is 2.08. The summed E-state index contributed by atoms with van der Waals surface area (Å²) in [7, 11) is 0. The largest absolute Gasteiger partial charge is 0.372 e. The molecule has 3 aromatic carbocycles. The summed E-state index contributed by atoms with van der Waals surface area (Å²) < 4.78 is 0. The van der Waals surface area contributed by atoms with Crippen LogP contribution in [-0.2, 0) is 0 Å². The quantitative estimate of drug-likeness (QED) is 0.276. The Labute approximate surface area is 189 Å². The lowest BCUT2D eigenvalue weighted by molar-refractivity contribution is 0.866. The number of nitrogens with one attached hydrogen (secondary N) is 1. The number of hydrogen-bond acceptors (Lipinski definition) is 5. The van der Waals surface area contributed by atoms with Crippen LogP contribution in [0.5, 0.6) is 0 Å². The first-order chi connectivity index (χ1) is 15.8. The molecule has 0 saturated heterocycles. The summed E-state index contributed by atoms with van der Waals surface area (Å²) in [5.41, 5.74) is 9.00. The van der Waals surface area contributed by atoms with Crippen LogP contribution >= 0.6 is 0 Å². The van der Waals surface area contributed by atoms with E-state index in [0.717, 1.165) is 41.2 Å². The lowest BCUT2D eigenvalue weighted by atomic mass is 10.1. The van der Waals surface area contributed by atoms with Gasteiger partial charge in [-0.05, 0) is 37.6 Å². The summed E-state index contributed by atoms with van der Waals surface area (Å²) in [6, 6.07) is 30.6. The van der Waals surface area contributed by atoms with E-state index in [1.54, 1.807) is 6.21 Å². The summed E-state index contributed by atoms with van der Waals surface area (Å²) >= 11 is 0. The third-order valence-corrected chi connectivity index (χ3v) is 5.27. The van der Waals surface area contributed by atoms with Crippen molar-refractivity contribution in [2.45, 2.75) is 13.8 Å². The van der Waals surface area contributed by atoms with Gasteiger partial charge in [0.1, 0.15) is 0 Å². The molecule has 4 aromatic rings. The van der Waals surface area contributed by atoms with Gasteiger partial charge < -0.3 is 4.90 Å². The molecule has 0 amide bonds. The first-order valence-electron chi connectivity index (χ1n) is 10.9. The Kier molecular flexibility index (Phi) is 6.88. The van der Waals surface area contributed by atoms with E-state index in [1.807, 2.05) is 66.7 Å². The topological polar surface area (TPSA) is 53.4 Å². The van der Waals surface area contributed by atoms with Crippen LogP contribution in [0, 0.1) is 0 Å². The minimum absolute atomic E-state index is 0.459. The first-order valence-corrected chi connectivity index (χ1v) is 10.9. The standard InChI is InChI=1S/C27H27N5/c1-3-32(4-2)24-17-15-21(16-18-24)20-28-31-27-29-25(22-11-7-5-8-12-22)19-26(30-27)23-13-9-6-10-14-23/h5-20H,3-4H2,1-2H3,(H,29,30,31)/b28-20+. The minimum atomic E-state index is 0.459. The van der Waals surface area contributed by atoms with Crippen LogP contribution in [0.25, 0.3) is 22.5 Å². The smallest absolute Gasteiger partial charge is 0.244 e. The summed E-state index contributed by atoms with van der Waals surface area (Å²) in [5, 5.41) is 4.38. The predicted octanol–water partition coefficient (Wildman–Crippen LogP) is 6.10. The molecule has 160 valence electrons. The average Bonchev–Trinajstić information content (AvgIpc) is 2.86. The van der Waals surface area contributed by atoms with E-state index in [2.05, 4.69) is 63.5 Å². The number of hydrogen-bond donors (Lipinski definition) is 1. The molecular weight excluding hydrogens is 394 g/mol. The van der Waals surface area contributed by atoms with Crippen LogP contribution in [0.3, 0.4) is 0 Å². The fraction of sp³-hybridized carbons (Fsp3) is 0.148. The van der Waals surface area contributed by atoms with Gasteiger partial charge in [0.15, 0.2) is 0 Å². The van der Waals surface area contributed by atoms with Crippen LogP contribution in [0.15, 0.2) is 96.1 Å². The lowest BCUT2D eigenvalue weighted by Crippen LogP contribution is -2.21. The summed E-state index contributed by atoms with van der Waals surface area (Å²) in [6.07, 6.45) is 1.78. The highest BCUT2D eigenvalue weighted by Crippen LogP contribution is 2.25. The molecule has 5 heteroatoms. The molecule has 1 aromatic heterocycles. The maximum absolute atomic E-state index is 4.68. The van der Waals surface area contributed by atoms with E-state index >= 15 is 0 Å².